The Hall–Kier alpha value is -0.770. The molecule has 13 heavy (non-hydrogen) atoms. The van der Waals surface area contributed by atoms with Gasteiger partial charge in [0.15, 0.2) is 0 Å². The van der Waals surface area contributed by atoms with Gasteiger partial charge in [-0.1, -0.05) is 0 Å². The summed E-state index contributed by atoms with van der Waals surface area (Å²) in [6, 6.07) is 0.402. The molecule has 1 N–H and O–H groups in total. The Balaban J connectivity index is 1.95. The summed E-state index contributed by atoms with van der Waals surface area (Å²) in [7, 11) is 0. The van der Waals surface area contributed by atoms with E-state index in [1.165, 1.54) is 0 Å². The van der Waals surface area contributed by atoms with Crippen molar-refractivity contribution in [3.05, 3.63) is 0 Å². The first kappa shape index (κ1) is 8.81. The summed E-state index contributed by atoms with van der Waals surface area (Å²) < 4.78 is 5.09. The molecule has 1 atom stereocenters. The Morgan fingerprint density at radius 1 is 1.46 bits per heavy atom. The Bertz CT molecular complexity index is 202. The molecule has 2 heterocycles. The van der Waals surface area contributed by atoms with E-state index in [2.05, 4.69) is 5.32 Å². The van der Waals surface area contributed by atoms with Gasteiger partial charge >= 0.3 is 6.09 Å². The van der Waals surface area contributed by atoms with Crippen molar-refractivity contribution in [3.63, 3.8) is 0 Å². The first-order valence-electron chi connectivity index (χ1n) is 4.95. The van der Waals surface area contributed by atoms with E-state index in [1.807, 2.05) is 11.8 Å². The largest absolute Gasteiger partial charge is 0.444 e. The van der Waals surface area contributed by atoms with Crippen LogP contribution in [0.3, 0.4) is 0 Å². The maximum Gasteiger partial charge on any atom is 0.410 e. The molecule has 0 spiro atoms. The summed E-state index contributed by atoms with van der Waals surface area (Å²) in [4.78, 5) is 13.2. The number of carbonyl (C=O) groups is 1. The van der Waals surface area contributed by atoms with Crippen LogP contribution >= 0.6 is 0 Å². The summed E-state index contributed by atoms with van der Waals surface area (Å²) in [5, 5.41) is 3.29. The van der Waals surface area contributed by atoms with Crippen molar-refractivity contribution in [2.75, 3.05) is 19.6 Å². The predicted molar refractivity (Wildman–Crippen MR) is 48.5 cm³/mol. The molecule has 2 aliphatic rings. The minimum Gasteiger partial charge on any atom is -0.444 e. The molecule has 0 aromatic heterocycles. The van der Waals surface area contributed by atoms with E-state index in [-0.39, 0.29) is 12.2 Å². The zero-order valence-electron chi connectivity index (χ0n) is 7.95. The van der Waals surface area contributed by atoms with Gasteiger partial charge in [0.05, 0.1) is 6.54 Å². The monoisotopic (exact) mass is 184 g/mol. The van der Waals surface area contributed by atoms with E-state index in [9.17, 15) is 4.79 Å². The number of nitrogens with one attached hydrogen (secondary N) is 1. The van der Waals surface area contributed by atoms with E-state index < -0.39 is 0 Å². The number of carbonyl (C=O) groups excluding carboxylic acids is 1. The van der Waals surface area contributed by atoms with Crippen molar-refractivity contribution in [3.8, 4) is 0 Å². The van der Waals surface area contributed by atoms with Crippen molar-refractivity contribution >= 4 is 6.09 Å². The number of cyclic esters (lactones) is 1. The van der Waals surface area contributed by atoms with E-state index in [0.29, 0.717) is 6.04 Å². The van der Waals surface area contributed by atoms with Gasteiger partial charge in [0.25, 0.3) is 0 Å². The second-order valence-electron chi connectivity index (χ2n) is 3.83. The van der Waals surface area contributed by atoms with Gasteiger partial charge in [0.1, 0.15) is 6.10 Å². The Labute approximate surface area is 78.2 Å². The van der Waals surface area contributed by atoms with Crippen molar-refractivity contribution in [1.29, 1.82) is 0 Å². The van der Waals surface area contributed by atoms with Crippen LogP contribution in [0, 0.1) is 0 Å². The van der Waals surface area contributed by atoms with Gasteiger partial charge in [-0.05, 0) is 32.9 Å². The van der Waals surface area contributed by atoms with Gasteiger partial charge in [-0.15, -0.1) is 0 Å². The Morgan fingerprint density at radius 2 is 2.15 bits per heavy atom. The number of amides is 1. The number of hydrogen-bond donors (Lipinski definition) is 1. The SMILES string of the molecule is C[C@H]1CN(C2CCNCC2)C(=O)O1. The lowest BCUT2D eigenvalue weighted by molar-refractivity contribution is 0.128. The third-order valence-corrected chi connectivity index (χ3v) is 2.74. The number of hydrogen-bond acceptors (Lipinski definition) is 3. The first-order valence-corrected chi connectivity index (χ1v) is 4.95. The molecular weight excluding hydrogens is 168 g/mol. The first-order chi connectivity index (χ1) is 6.27. The van der Waals surface area contributed by atoms with Crippen molar-refractivity contribution in [2.45, 2.75) is 31.9 Å². The van der Waals surface area contributed by atoms with Crippen molar-refractivity contribution in [2.24, 2.45) is 0 Å². The molecular formula is C9H16N2O2. The number of nitrogens with zero attached hydrogens (tertiary/aromatic N) is 1. The normalized spacial score (nSPS) is 30.7. The average Bonchev–Trinajstić information content (AvgIpc) is 2.47. The maximum atomic E-state index is 11.4. The molecule has 4 nitrogen and oxygen atoms in total. The van der Waals surface area contributed by atoms with E-state index in [4.69, 9.17) is 4.74 Å². The van der Waals surface area contributed by atoms with Crippen LogP contribution in [-0.4, -0.2) is 42.8 Å². The highest BCUT2D eigenvalue weighted by atomic mass is 16.6. The van der Waals surface area contributed by atoms with Crippen molar-refractivity contribution in [1.82, 2.24) is 10.2 Å². The molecule has 0 aromatic carbocycles. The Morgan fingerprint density at radius 3 is 2.69 bits per heavy atom. The highest BCUT2D eigenvalue weighted by Crippen LogP contribution is 2.19. The van der Waals surface area contributed by atoms with E-state index in [0.717, 1.165) is 32.5 Å². The number of rotatable bonds is 1. The fourth-order valence-corrected chi connectivity index (χ4v) is 2.05. The topological polar surface area (TPSA) is 41.6 Å². The van der Waals surface area contributed by atoms with Gasteiger partial charge in [0, 0.05) is 6.04 Å². The molecule has 74 valence electrons. The third-order valence-electron chi connectivity index (χ3n) is 2.74. The molecule has 2 aliphatic heterocycles. The quantitative estimate of drug-likeness (QED) is 0.648. The van der Waals surface area contributed by atoms with Crippen LogP contribution in [0.2, 0.25) is 0 Å². The lowest BCUT2D eigenvalue weighted by Gasteiger charge is -2.29. The van der Waals surface area contributed by atoms with Crippen LogP contribution in [0.25, 0.3) is 0 Å². The van der Waals surface area contributed by atoms with Crippen LogP contribution in [0.4, 0.5) is 4.79 Å². The molecule has 0 unspecified atom stereocenters. The van der Waals surface area contributed by atoms with E-state index >= 15 is 0 Å². The van der Waals surface area contributed by atoms with Crippen LogP contribution < -0.4 is 5.32 Å². The van der Waals surface area contributed by atoms with Crippen LogP contribution in [0.15, 0.2) is 0 Å². The highest BCUT2D eigenvalue weighted by Gasteiger charge is 2.34. The summed E-state index contributed by atoms with van der Waals surface area (Å²) in [6.45, 7) is 4.74. The summed E-state index contributed by atoms with van der Waals surface area (Å²) in [5.41, 5.74) is 0. The summed E-state index contributed by atoms with van der Waals surface area (Å²) in [6.07, 6.45) is 2.06. The fraction of sp³-hybridized carbons (Fsp3) is 0.889. The zero-order valence-corrected chi connectivity index (χ0v) is 7.95. The fourth-order valence-electron chi connectivity index (χ4n) is 2.05. The standard InChI is InChI=1S/C9H16N2O2/c1-7-6-11(9(12)13-7)8-2-4-10-5-3-8/h7-8,10H,2-6H2,1H3/t7-/m0/s1. The lowest BCUT2D eigenvalue weighted by atomic mass is 10.1. The van der Waals surface area contributed by atoms with Gasteiger partial charge in [0.2, 0.25) is 0 Å². The highest BCUT2D eigenvalue weighted by molar-refractivity contribution is 5.70. The minimum atomic E-state index is -0.126. The Kier molecular flexibility index (Phi) is 2.40. The van der Waals surface area contributed by atoms with E-state index in [1.54, 1.807) is 0 Å². The molecule has 2 rings (SSSR count). The summed E-state index contributed by atoms with van der Waals surface area (Å²) in [5.74, 6) is 0. The molecule has 4 heteroatoms. The molecule has 0 aliphatic carbocycles. The third kappa shape index (κ3) is 1.77. The molecule has 0 aromatic rings. The molecule has 2 fully saturated rings. The molecule has 1 amide bonds. The van der Waals surface area contributed by atoms with Crippen molar-refractivity contribution < 1.29 is 9.53 Å². The number of piperidine rings is 1. The maximum absolute atomic E-state index is 11.4. The molecule has 0 bridgehead atoms. The van der Waals surface area contributed by atoms with Crippen LogP contribution in [0.1, 0.15) is 19.8 Å². The second-order valence-corrected chi connectivity index (χ2v) is 3.83. The number of ether oxygens (including phenoxy) is 1. The second kappa shape index (κ2) is 3.54. The predicted octanol–water partition coefficient (Wildman–Crippen LogP) is 0.579. The van der Waals surface area contributed by atoms with Gasteiger partial charge in [-0.25, -0.2) is 4.79 Å². The minimum absolute atomic E-state index is 0.0717. The van der Waals surface area contributed by atoms with Gasteiger partial charge in [-0.3, -0.25) is 0 Å². The molecule has 0 saturated carbocycles. The molecule has 0 radical (unpaired) electrons. The summed E-state index contributed by atoms with van der Waals surface area (Å²) >= 11 is 0. The van der Waals surface area contributed by atoms with Gasteiger partial charge in [-0.2, -0.15) is 0 Å². The lowest BCUT2D eigenvalue weighted by Crippen LogP contribution is -2.43. The average molecular weight is 184 g/mol. The van der Waals surface area contributed by atoms with Gasteiger partial charge < -0.3 is 15.0 Å². The zero-order chi connectivity index (χ0) is 9.26. The van der Waals surface area contributed by atoms with Crippen LogP contribution in [0.5, 0.6) is 0 Å². The van der Waals surface area contributed by atoms with Crippen LogP contribution in [-0.2, 0) is 4.74 Å². The molecule has 2 saturated heterocycles. The smallest absolute Gasteiger partial charge is 0.410 e.